The van der Waals surface area contributed by atoms with Gasteiger partial charge < -0.3 is 9.64 Å². The predicted octanol–water partition coefficient (Wildman–Crippen LogP) is 4.27. The molecule has 0 N–H and O–H groups in total. The number of hydrogen-bond donors (Lipinski definition) is 0. The molecule has 1 aliphatic carbocycles. The average molecular weight is 352 g/mol. The number of likely N-dealkylation sites (tertiary alicyclic amines) is 1. The van der Waals surface area contributed by atoms with Crippen LogP contribution in [0.4, 0.5) is 4.79 Å². The van der Waals surface area contributed by atoms with E-state index < -0.39 is 5.60 Å². The number of benzene rings is 1. The summed E-state index contributed by atoms with van der Waals surface area (Å²) in [6.07, 6.45) is 3.08. The molecular weight excluding hydrogens is 330 g/mol. The SMILES string of the molecule is CC(C)(C)OC(=O)N1CCC2(CCc3c(Br)cccc32)C1. The topological polar surface area (TPSA) is 29.5 Å². The number of carbonyl (C=O) groups excluding carboxylic acids is 1. The fourth-order valence-corrected chi connectivity index (χ4v) is 4.15. The molecule has 1 aliphatic heterocycles. The second-order valence-corrected chi connectivity index (χ2v) is 8.05. The summed E-state index contributed by atoms with van der Waals surface area (Å²) in [5, 5.41) is 0. The number of rotatable bonds is 0. The van der Waals surface area contributed by atoms with Crippen molar-refractivity contribution >= 4 is 22.0 Å². The normalized spacial score (nSPS) is 24.5. The number of nitrogens with zero attached hydrogens (tertiary/aromatic N) is 1. The molecule has 1 heterocycles. The van der Waals surface area contributed by atoms with Crippen molar-refractivity contribution in [2.75, 3.05) is 13.1 Å². The smallest absolute Gasteiger partial charge is 0.410 e. The molecule has 3 rings (SSSR count). The van der Waals surface area contributed by atoms with E-state index in [1.165, 1.54) is 15.6 Å². The molecule has 1 atom stereocenters. The molecule has 0 radical (unpaired) electrons. The maximum Gasteiger partial charge on any atom is 0.410 e. The fraction of sp³-hybridized carbons (Fsp3) is 0.588. The Morgan fingerprint density at radius 1 is 1.33 bits per heavy atom. The number of carbonyl (C=O) groups is 1. The standard InChI is InChI=1S/C17H22BrNO2/c1-16(2,3)21-15(20)19-10-9-17(11-19)8-7-12-13(17)5-4-6-14(12)18/h4-6H,7-11H2,1-3H3. The van der Waals surface area contributed by atoms with Crippen LogP contribution in [0.3, 0.4) is 0 Å². The molecule has 0 saturated carbocycles. The van der Waals surface area contributed by atoms with E-state index in [1.807, 2.05) is 25.7 Å². The fourth-order valence-electron chi connectivity index (χ4n) is 3.59. The molecule has 1 saturated heterocycles. The van der Waals surface area contributed by atoms with Crippen LogP contribution in [0.1, 0.15) is 44.7 Å². The van der Waals surface area contributed by atoms with Crippen molar-refractivity contribution in [3.8, 4) is 0 Å². The van der Waals surface area contributed by atoms with Crippen LogP contribution in [0.15, 0.2) is 22.7 Å². The van der Waals surface area contributed by atoms with Gasteiger partial charge in [0.25, 0.3) is 0 Å². The third kappa shape index (κ3) is 2.70. The van der Waals surface area contributed by atoms with Crippen LogP contribution in [0.5, 0.6) is 0 Å². The minimum Gasteiger partial charge on any atom is -0.444 e. The van der Waals surface area contributed by atoms with Gasteiger partial charge in [-0.1, -0.05) is 28.1 Å². The van der Waals surface area contributed by atoms with E-state index in [0.29, 0.717) is 0 Å². The zero-order valence-corrected chi connectivity index (χ0v) is 14.5. The Morgan fingerprint density at radius 3 is 2.81 bits per heavy atom. The first-order valence-corrected chi connectivity index (χ1v) is 8.36. The van der Waals surface area contributed by atoms with Crippen molar-refractivity contribution in [3.63, 3.8) is 0 Å². The summed E-state index contributed by atoms with van der Waals surface area (Å²) in [4.78, 5) is 14.2. The third-order valence-electron chi connectivity index (χ3n) is 4.55. The Hall–Kier alpha value is -1.03. The molecule has 3 nitrogen and oxygen atoms in total. The van der Waals surface area contributed by atoms with Gasteiger partial charge in [0.15, 0.2) is 0 Å². The lowest BCUT2D eigenvalue weighted by atomic mass is 9.81. The van der Waals surface area contributed by atoms with Gasteiger partial charge in [0.1, 0.15) is 5.60 Å². The lowest BCUT2D eigenvalue weighted by Gasteiger charge is -2.27. The van der Waals surface area contributed by atoms with Crippen molar-refractivity contribution in [2.24, 2.45) is 0 Å². The highest BCUT2D eigenvalue weighted by Gasteiger charge is 2.46. The summed E-state index contributed by atoms with van der Waals surface area (Å²) >= 11 is 3.66. The Balaban J connectivity index is 1.80. The van der Waals surface area contributed by atoms with E-state index in [9.17, 15) is 4.79 Å². The first kappa shape index (κ1) is 14.9. The van der Waals surface area contributed by atoms with Gasteiger partial charge in [-0.25, -0.2) is 4.79 Å². The maximum absolute atomic E-state index is 12.3. The van der Waals surface area contributed by atoms with Gasteiger partial charge in [0.05, 0.1) is 0 Å². The zero-order valence-electron chi connectivity index (χ0n) is 12.9. The number of halogens is 1. The third-order valence-corrected chi connectivity index (χ3v) is 5.29. The first-order valence-electron chi connectivity index (χ1n) is 7.57. The van der Waals surface area contributed by atoms with Crippen LogP contribution in [0.25, 0.3) is 0 Å². The van der Waals surface area contributed by atoms with Crippen molar-refractivity contribution < 1.29 is 9.53 Å². The van der Waals surface area contributed by atoms with E-state index in [4.69, 9.17) is 4.74 Å². The largest absolute Gasteiger partial charge is 0.444 e. The lowest BCUT2D eigenvalue weighted by molar-refractivity contribution is 0.0284. The molecule has 21 heavy (non-hydrogen) atoms. The van der Waals surface area contributed by atoms with Gasteiger partial charge >= 0.3 is 6.09 Å². The molecule has 0 bridgehead atoms. The summed E-state index contributed by atoms with van der Waals surface area (Å²) in [6.45, 7) is 7.32. The quantitative estimate of drug-likeness (QED) is 0.698. The number of ether oxygens (including phenoxy) is 1. The van der Waals surface area contributed by atoms with Crippen molar-refractivity contribution in [2.45, 2.75) is 51.0 Å². The van der Waals surface area contributed by atoms with Crippen LogP contribution < -0.4 is 0 Å². The molecule has 2 aliphatic rings. The highest BCUT2D eigenvalue weighted by Crippen LogP contribution is 2.47. The molecule has 1 aromatic rings. The second kappa shape index (κ2) is 5.01. The summed E-state index contributed by atoms with van der Waals surface area (Å²) < 4.78 is 6.72. The number of fused-ring (bicyclic) bond motifs is 2. The predicted molar refractivity (Wildman–Crippen MR) is 86.6 cm³/mol. The van der Waals surface area contributed by atoms with Gasteiger partial charge in [0, 0.05) is 23.0 Å². The van der Waals surface area contributed by atoms with E-state index >= 15 is 0 Å². The summed E-state index contributed by atoms with van der Waals surface area (Å²) in [5.74, 6) is 0. The Bertz CT molecular complexity index is 579. The van der Waals surface area contributed by atoms with E-state index in [2.05, 4.69) is 34.1 Å². The molecule has 1 aromatic carbocycles. The molecule has 1 amide bonds. The van der Waals surface area contributed by atoms with Crippen LogP contribution in [-0.2, 0) is 16.6 Å². The summed E-state index contributed by atoms with van der Waals surface area (Å²) in [7, 11) is 0. The van der Waals surface area contributed by atoms with Crippen LogP contribution in [0, 0.1) is 0 Å². The van der Waals surface area contributed by atoms with Gasteiger partial charge in [-0.3, -0.25) is 0 Å². The van der Waals surface area contributed by atoms with Crippen LogP contribution in [-0.4, -0.2) is 29.7 Å². The highest BCUT2D eigenvalue weighted by atomic mass is 79.9. The first-order chi connectivity index (χ1) is 9.81. The molecule has 1 unspecified atom stereocenters. The Morgan fingerprint density at radius 2 is 2.10 bits per heavy atom. The molecular formula is C17H22BrNO2. The van der Waals surface area contributed by atoms with Gasteiger partial charge in [-0.2, -0.15) is 0 Å². The van der Waals surface area contributed by atoms with Crippen molar-refractivity contribution in [3.05, 3.63) is 33.8 Å². The minimum absolute atomic E-state index is 0.135. The molecule has 1 spiro atoms. The summed E-state index contributed by atoms with van der Waals surface area (Å²) in [6, 6.07) is 6.44. The van der Waals surface area contributed by atoms with Crippen molar-refractivity contribution in [1.82, 2.24) is 4.90 Å². The highest BCUT2D eigenvalue weighted by molar-refractivity contribution is 9.10. The van der Waals surface area contributed by atoms with E-state index in [1.54, 1.807) is 0 Å². The zero-order chi connectivity index (χ0) is 15.3. The number of hydrogen-bond acceptors (Lipinski definition) is 2. The van der Waals surface area contributed by atoms with Gasteiger partial charge in [-0.15, -0.1) is 0 Å². The van der Waals surface area contributed by atoms with E-state index in [0.717, 1.165) is 32.4 Å². The maximum atomic E-state index is 12.3. The number of amides is 1. The summed E-state index contributed by atoms with van der Waals surface area (Å²) in [5.41, 5.74) is 2.55. The Kier molecular flexibility index (Phi) is 3.55. The second-order valence-electron chi connectivity index (χ2n) is 7.20. The van der Waals surface area contributed by atoms with Crippen LogP contribution >= 0.6 is 15.9 Å². The van der Waals surface area contributed by atoms with Gasteiger partial charge in [0.2, 0.25) is 0 Å². The van der Waals surface area contributed by atoms with Crippen LogP contribution in [0.2, 0.25) is 0 Å². The molecule has 114 valence electrons. The molecule has 4 heteroatoms. The lowest BCUT2D eigenvalue weighted by Crippen LogP contribution is -2.37. The van der Waals surface area contributed by atoms with E-state index in [-0.39, 0.29) is 11.5 Å². The monoisotopic (exact) mass is 351 g/mol. The Labute approximate surface area is 134 Å². The minimum atomic E-state index is -0.427. The average Bonchev–Trinajstić information content (AvgIpc) is 2.95. The van der Waals surface area contributed by atoms with Gasteiger partial charge in [-0.05, 0) is 57.2 Å². The molecule has 1 fully saturated rings. The molecule has 0 aromatic heterocycles. The van der Waals surface area contributed by atoms with Crippen molar-refractivity contribution in [1.29, 1.82) is 0 Å².